The van der Waals surface area contributed by atoms with E-state index in [1.165, 1.54) is 4.68 Å². The molecule has 20 heavy (non-hydrogen) atoms. The topological polar surface area (TPSA) is 72.9 Å². The van der Waals surface area contributed by atoms with Crippen molar-refractivity contribution in [3.05, 3.63) is 47.3 Å². The summed E-state index contributed by atoms with van der Waals surface area (Å²) in [6, 6.07) is 7.34. The number of anilines is 1. The summed E-state index contributed by atoms with van der Waals surface area (Å²) in [5, 5.41) is 6.82. The van der Waals surface area contributed by atoms with E-state index >= 15 is 0 Å². The zero-order valence-corrected chi connectivity index (χ0v) is 11.5. The number of amides is 1. The molecule has 0 bridgehead atoms. The number of carbonyl (C=O) groups excluding carboxylic acids is 1. The molecular formula is C15H16N4O. The fourth-order valence-electron chi connectivity index (χ4n) is 1.80. The van der Waals surface area contributed by atoms with Gasteiger partial charge in [-0.2, -0.15) is 5.10 Å². The minimum atomic E-state index is -0.218. The average Bonchev–Trinajstić information content (AvgIpc) is 2.85. The number of hydrogen-bond donors (Lipinski definition) is 2. The molecule has 0 aliphatic carbocycles. The molecule has 0 spiro atoms. The number of aromatic nitrogens is 2. The summed E-state index contributed by atoms with van der Waals surface area (Å²) in [7, 11) is 1.72. The molecule has 1 amide bonds. The Morgan fingerprint density at radius 3 is 2.90 bits per heavy atom. The Morgan fingerprint density at radius 2 is 2.25 bits per heavy atom. The molecule has 1 heterocycles. The molecule has 0 aliphatic heterocycles. The van der Waals surface area contributed by atoms with E-state index in [1.807, 2.05) is 25.1 Å². The molecular weight excluding hydrogens is 252 g/mol. The smallest absolute Gasteiger partial charge is 0.273 e. The molecule has 3 N–H and O–H groups in total. The summed E-state index contributed by atoms with van der Waals surface area (Å²) >= 11 is 0. The van der Waals surface area contributed by atoms with Crippen LogP contribution in [0.4, 0.5) is 5.69 Å². The van der Waals surface area contributed by atoms with Crippen molar-refractivity contribution in [2.24, 2.45) is 12.8 Å². The van der Waals surface area contributed by atoms with Gasteiger partial charge in [-0.3, -0.25) is 9.48 Å². The molecule has 0 aliphatic rings. The first-order chi connectivity index (χ1) is 9.61. The molecule has 0 unspecified atom stereocenters. The van der Waals surface area contributed by atoms with E-state index in [1.54, 1.807) is 19.3 Å². The Hall–Kier alpha value is -2.58. The van der Waals surface area contributed by atoms with E-state index in [4.69, 9.17) is 5.73 Å². The maximum Gasteiger partial charge on any atom is 0.273 e. The Labute approximate surface area is 117 Å². The van der Waals surface area contributed by atoms with Crippen molar-refractivity contribution >= 4 is 11.6 Å². The van der Waals surface area contributed by atoms with E-state index in [0.717, 1.165) is 11.1 Å². The minimum Gasteiger partial charge on any atom is -0.320 e. The number of benzene rings is 1. The number of nitrogens with zero attached hydrogens (tertiary/aromatic N) is 2. The Morgan fingerprint density at radius 1 is 1.45 bits per heavy atom. The van der Waals surface area contributed by atoms with Crippen molar-refractivity contribution in [3.8, 4) is 11.8 Å². The van der Waals surface area contributed by atoms with E-state index < -0.39 is 0 Å². The van der Waals surface area contributed by atoms with Crippen LogP contribution < -0.4 is 11.1 Å². The molecule has 1 aromatic heterocycles. The van der Waals surface area contributed by atoms with Gasteiger partial charge in [0, 0.05) is 18.8 Å². The number of rotatable bonds is 2. The Bertz CT molecular complexity index is 691. The lowest BCUT2D eigenvalue weighted by Gasteiger charge is -2.08. The maximum absolute atomic E-state index is 12.2. The SMILES string of the molecule is Cc1ccc(NC(=O)c2ccnn2C)c(C#CCN)c1. The molecule has 102 valence electrons. The monoisotopic (exact) mass is 268 g/mol. The van der Waals surface area contributed by atoms with Gasteiger partial charge >= 0.3 is 0 Å². The Kier molecular flexibility index (Phi) is 4.18. The lowest BCUT2D eigenvalue weighted by molar-refractivity contribution is 0.101. The van der Waals surface area contributed by atoms with Gasteiger partial charge in [-0.15, -0.1) is 0 Å². The highest BCUT2D eigenvalue weighted by atomic mass is 16.2. The van der Waals surface area contributed by atoms with Gasteiger partial charge in [0.1, 0.15) is 5.69 Å². The normalized spacial score (nSPS) is 9.75. The van der Waals surface area contributed by atoms with Crippen LogP contribution in [0.2, 0.25) is 0 Å². The zero-order chi connectivity index (χ0) is 14.5. The van der Waals surface area contributed by atoms with Crippen molar-refractivity contribution in [2.75, 3.05) is 11.9 Å². The first-order valence-corrected chi connectivity index (χ1v) is 6.20. The van der Waals surface area contributed by atoms with E-state index in [9.17, 15) is 4.79 Å². The van der Waals surface area contributed by atoms with Crippen molar-refractivity contribution in [1.82, 2.24) is 9.78 Å². The van der Waals surface area contributed by atoms with Gasteiger partial charge in [-0.1, -0.05) is 17.9 Å². The Balaban J connectivity index is 2.29. The number of nitrogens with one attached hydrogen (secondary N) is 1. The van der Waals surface area contributed by atoms with Crippen LogP contribution >= 0.6 is 0 Å². The first-order valence-electron chi connectivity index (χ1n) is 6.20. The second-order valence-electron chi connectivity index (χ2n) is 4.35. The van der Waals surface area contributed by atoms with Crippen LogP contribution in [0.5, 0.6) is 0 Å². The van der Waals surface area contributed by atoms with Crippen LogP contribution in [0.1, 0.15) is 21.6 Å². The molecule has 0 radical (unpaired) electrons. The predicted molar refractivity (Wildman–Crippen MR) is 78.3 cm³/mol. The van der Waals surface area contributed by atoms with Crippen LogP contribution in [0.3, 0.4) is 0 Å². The van der Waals surface area contributed by atoms with Crippen LogP contribution in [0.25, 0.3) is 0 Å². The molecule has 5 heteroatoms. The summed E-state index contributed by atoms with van der Waals surface area (Å²) in [6.07, 6.45) is 1.58. The minimum absolute atomic E-state index is 0.218. The van der Waals surface area contributed by atoms with Crippen molar-refractivity contribution < 1.29 is 4.79 Å². The number of hydrogen-bond acceptors (Lipinski definition) is 3. The van der Waals surface area contributed by atoms with Crippen LogP contribution in [-0.2, 0) is 7.05 Å². The summed E-state index contributed by atoms with van der Waals surface area (Å²) in [5.41, 5.74) is 8.38. The summed E-state index contributed by atoms with van der Waals surface area (Å²) in [4.78, 5) is 12.2. The van der Waals surface area contributed by atoms with Gasteiger partial charge in [0.15, 0.2) is 0 Å². The van der Waals surface area contributed by atoms with Gasteiger partial charge in [0.25, 0.3) is 5.91 Å². The summed E-state index contributed by atoms with van der Waals surface area (Å²) in [5.74, 6) is 5.55. The molecule has 5 nitrogen and oxygen atoms in total. The average molecular weight is 268 g/mol. The molecule has 0 saturated carbocycles. The third-order valence-electron chi connectivity index (χ3n) is 2.80. The highest BCUT2D eigenvalue weighted by Crippen LogP contribution is 2.17. The largest absolute Gasteiger partial charge is 0.320 e. The fourth-order valence-corrected chi connectivity index (χ4v) is 1.80. The van der Waals surface area contributed by atoms with Crippen LogP contribution in [-0.4, -0.2) is 22.2 Å². The van der Waals surface area contributed by atoms with E-state index in [-0.39, 0.29) is 12.5 Å². The lowest BCUT2D eigenvalue weighted by atomic mass is 10.1. The maximum atomic E-state index is 12.2. The molecule has 2 aromatic rings. The van der Waals surface area contributed by atoms with Crippen LogP contribution in [0, 0.1) is 18.8 Å². The highest BCUT2D eigenvalue weighted by Gasteiger charge is 2.11. The van der Waals surface area contributed by atoms with Crippen molar-refractivity contribution in [2.45, 2.75) is 6.92 Å². The van der Waals surface area contributed by atoms with Crippen LogP contribution in [0.15, 0.2) is 30.5 Å². The molecule has 2 rings (SSSR count). The lowest BCUT2D eigenvalue weighted by Crippen LogP contribution is -2.16. The second kappa shape index (κ2) is 6.04. The first kappa shape index (κ1) is 13.8. The van der Waals surface area contributed by atoms with Gasteiger partial charge in [0.05, 0.1) is 12.2 Å². The van der Waals surface area contributed by atoms with Crippen molar-refractivity contribution in [1.29, 1.82) is 0 Å². The van der Waals surface area contributed by atoms with Gasteiger partial charge in [-0.25, -0.2) is 0 Å². The molecule has 0 saturated heterocycles. The predicted octanol–water partition coefficient (Wildman–Crippen LogP) is 1.29. The number of aryl methyl sites for hydroxylation is 2. The fraction of sp³-hybridized carbons (Fsp3) is 0.200. The zero-order valence-electron chi connectivity index (χ0n) is 11.5. The quantitative estimate of drug-likeness (QED) is 0.806. The third kappa shape index (κ3) is 3.05. The number of carbonyl (C=O) groups is 1. The molecule has 1 aromatic carbocycles. The standard InChI is InChI=1S/C15H16N4O/c1-11-5-6-13(12(10-11)4-3-8-16)18-15(20)14-7-9-17-19(14)2/h5-7,9-10H,8,16H2,1-2H3,(H,18,20). The third-order valence-corrected chi connectivity index (χ3v) is 2.80. The number of nitrogens with two attached hydrogens (primary N) is 1. The summed E-state index contributed by atoms with van der Waals surface area (Å²) < 4.78 is 1.52. The highest BCUT2D eigenvalue weighted by molar-refractivity contribution is 6.03. The van der Waals surface area contributed by atoms with Gasteiger partial charge < -0.3 is 11.1 Å². The second-order valence-corrected chi connectivity index (χ2v) is 4.35. The molecule has 0 fully saturated rings. The van der Waals surface area contributed by atoms with E-state index in [2.05, 4.69) is 22.3 Å². The van der Waals surface area contributed by atoms with Gasteiger partial charge in [0.2, 0.25) is 0 Å². The van der Waals surface area contributed by atoms with E-state index in [0.29, 0.717) is 11.4 Å². The molecule has 0 atom stereocenters. The summed E-state index contributed by atoms with van der Waals surface area (Å²) in [6.45, 7) is 2.25. The van der Waals surface area contributed by atoms with Gasteiger partial charge in [-0.05, 0) is 30.7 Å². The van der Waals surface area contributed by atoms with Crippen molar-refractivity contribution in [3.63, 3.8) is 0 Å².